The number of morpholine rings is 1. The molecular weight excluding hydrogens is 288 g/mol. The van der Waals surface area contributed by atoms with E-state index in [-0.39, 0.29) is 0 Å². The van der Waals surface area contributed by atoms with Crippen molar-refractivity contribution >= 4 is 5.96 Å². The van der Waals surface area contributed by atoms with E-state index in [0.717, 1.165) is 51.3 Å². The summed E-state index contributed by atoms with van der Waals surface area (Å²) in [6, 6.07) is 11.1. The van der Waals surface area contributed by atoms with Crippen LogP contribution < -0.4 is 10.6 Å². The molecule has 1 saturated carbocycles. The van der Waals surface area contributed by atoms with Gasteiger partial charge in [-0.1, -0.05) is 30.3 Å². The molecule has 2 fully saturated rings. The molecule has 3 rings (SSSR count). The van der Waals surface area contributed by atoms with Gasteiger partial charge >= 0.3 is 0 Å². The SMILES string of the molecule is CN=C(NCC1CC1)NCC(c1ccccc1)N1CCOCC1. The van der Waals surface area contributed by atoms with Gasteiger partial charge in [-0.05, 0) is 24.3 Å². The van der Waals surface area contributed by atoms with Crippen molar-refractivity contribution in [2.24, 2.45) is 10.9 Å². The van der Waals surface area contributed by atoms with Gasteiger partial charge in [-0.2, -0.15) is 0 Å². The molecule has 1 aliphatic carbocycles. The number of nitrogens with zero attached hydrogens (tertiary/aromatic N) is 2. The molecule has 0 bridgehead atoms. The average molecular weight is 316 g/mol. The van der Waals surface area contributed by atoms with Gasteiger partial charge in [0.15, 0.2) is 5.96 Å². The van der Waals surface area contributed by atoms with Crippen LogP contribution in [0.15, 0.2) is 35.3 Å². The van der Waals surface area contributed by atoms with Gasteiger partial charge in [0, 0.05) is 33.2 Å². The molecule has 126 valence electrons. The minimum atomic E-state index is 0.347. The molecule has 0 spiro atoms. The summed E-state index contributed by atoms with van der Waals surface area (Å²) in [5.41, 5.74) is 1.35. The maximum absolute atomic E-state index is 5.51. The van der Waals surface area contributed by atoms with Gasteiger partial charge in [0.25, 0.3) is 0 Å². The van der Waals surface area contributed by atoms with Crippen LogP contribution in [0.3, 0.4) is 0 Å². The maximum atomic E-state index is 5.51. The molecule has 5 nitrogen and oxygen atoms in total. The minimum Gasteiger partial charge on any atom is -0.379 e. The molecule has 23 heavy (non-hydrogen) atoms. The molecule has 0 amide bonds. The Balaban J connectivity index is 1.60. The maximum Gasteiger partial charge on any atom is 0.191 e. The number of guanidine groups is 1. The largest absolute Gasteiger partial charge is 0.379 e. The number of aliphatic imine (C=N–C) groups is 1. The molecule has 1 saturated heterocycles. The topological polar surface area (TPSA) is 48.9 Å². The molecule has 1 aromatic carbocycles. The highest BCUT2D eigenvalue weighted by Gasteiger charge is 2.24. The lowest BCUT2D eigenvalue weighted by Gasteiger charge is -2.35. The summed E-state index contributed by atoms with van der Waals surface area (Å²) in [5, 5.41) is 6.94. The van der Waals surface area contributed by atoms with Crippen LogP contribution in [0.2, 0.25) is 0 Å². The Hall–Kier alpha value is -1.59. The summed E-state index contributed by atoms with van der Waals surface area (Å²) in [6.45, 7) is 5.49. The van der Waals surface area contributed by atoms with Gasteiger partial charge in [-0.15, -0.1) is 0 Å². The number of nitrogens with one attached hydrogen (secondary N) is 2. The summed E-state index contributed by atoms with van der Waals surface area (Å²) in [7, 11) is 1.84. The molecule has 1 aliphatic heterocycles. The first kappa shape index (κ1) is 16.3. The van der Waals surface area contributed by atoms with Crippen LogP contribution >= 0.6 is 0 Å². The van der Waals surface area contributed by atoms with E-state index in [4.69, 9.17) is 4.74 Å². The van der Waals surface area contributed by atoms with E-state index < -0.39 is 0 Å². The third-order valence-corrected chi connectivity index (χ3v) is 4.61. The molecule has 5 heteroatoms. The second-order valence-electron chi connectivity index (χ2n) is 6.35. The quantitative estimate of drug-likeness (QED) is 0.619. The van der Waals surface area contributed by atoms with E-state index in [2.05, 4.69) is 50.9 Å². The zero-order valence-electron chi connectivity index (χ0n) is 14.0. The zero-order valence-corrected chi connectivity index (χ0v) is 14.0. The molecule has 1 aromatic rings. The molecule has 1 atom stereocenters. The lowest BCUT2D eigenvalue weighted by atomic mass is 10.0. The summed E-state index contributed by atoms with van der Waals surface area (Å²) >= 11 is 0. The Morgan fingerprint density at radius 2 is 1.96 bits per heavy atom. The van der Waals surface area contributed by atoms with Crippen LogP contribution in [0, 0.1) is 5.92 Å². The Bertz CT molecular complexity index is 495. The number of hydrogen-bond acceptors (Lipinski definition) is 3. The minimum absolute atomic E-state index is 0.347. The highest BCUT2D eigenvalue weighted by atomic mass is 16.5. The van der Waals surface area contributed by atoms with Crippen molar-refractivity contribution in [2.75, 3.05) is 46.4 Å². The van der Waals surface area contributed by atoms with E-state index in [1.807, 2.05) is 7.05 Å². The van der Waals surface area contributed by atoms with E-state index in [0.29, 0.717) is 6.04 Å². The van der Waals surface area contributed by atoms with Gasteiger partial charge < -0.3 is 15.4 Å². The van der Waals surface area contributed by atoms with E-state index in [9.17, 15) is 0 Å². The molecule has 1 unspecified atom stereocenters. The second-order valence-corrected chi connectivity index (χ2v) is 6.35. The van der Waals surface area contributed by atoms with E-state index in [1.165, 1.54) is 18.4 Å². The van der Waals surface area contributed by atoms with E-state index >= 15 is 0 Å². The van der Waals surface area contributed by atoms with E-state index in [1.54, 1.807) is 0 Å². The molecule has 0 aromatic heterocycles. The standard InChI is InChI=1S/C18H28N4O/c1-19-18(20-13-15-7-8-15)21-14-17(16-5-3-2-4-6-16)22-9-11-23-12-10-22/h2-6,15,17H,7-14H2,1H3,(H2,19,20,21). The number of rotatable bonds is 6. The van der Waals surface area contributed by atoms with Gasteiger partial charge in [-0.3, -0.25) is 9.89 Å². The first-order valence-corrected chi connectivity index (χ1v) is 8.68. The molecule has 2 N–H and O–H groups in total. The van der Waals surface area contributed by atoms with Crippen LogP contribution in [0.25, 0.3) is 0 Å². The highest BCUT2D eigenvalue weighted by molar-refractivity contribution is 5.79. The highest BCUT2D eigenvalue weighted by Crippen LogP contribution is 2.27. The first-order chi connectivity index (χ1) is 11.4. The molecule has 1 heterocycles. The van der Waals surface area contributed by atoms with Gasteiger partial charge in [0.1, 0.15) is 0 Å². The third-order valence-electron chi connectivity index (χ3n) is 4.61. The monoisotopic (exact) mass is 316 g/mol. The van der Waals surface area contributed by atoms with Crippen LogP contribution in [0.1, 0.15) is 24.4 Å². The summed E-state index contributed by atoms with van der Waals surface area (Å²) in [4.78, 5) is 6.85. The lowest BCUT2D eigenvalue weighted by molar-refractivity contribution is 0.0170. The molecule has 2 aliphatic rings. The second kappa shape index (κ2) is 8.31. The van der Waals surface area contributed by atoms with Gasteiger partial charge in [-0.25, -0.2) is 0 Å². The fourth-order valence-corrected chi connectivity index (χ4v) is 3.00. The fourth-order valence-electron chi connectivity index (χ4n) is 3.00. The molecule has 0 radical (unpaired) electrons. The normalized spacial score (nSPS) is 21.0. The van der Waals surface area contributed by atoms with Crippen molar-refractivity contribution in [1.29, 1.82) is 0 Å². The predicted molar refractivity (Wildman–Crippen MR) is 93.7 cm³/mol. The van der Waals surface area contributed by atoms with Crippen molar-refractivity contribution < 1.29 is 4.74 Å². The van der Waals surface area contributed by atoms with Crippen LogP contribution in [0.5, 0.6) is 0 Å². The van der Waals surface area contributed by atoms with Crippen LogP contribution in [-0.2, 0) is 4.74 Å². The van der Waals surface area contributed by atoms with Crippen LogP contribution in [-0.4, -0.2) is 57.3 Å². The number of benzene rings is 1. The Labute approximate surface area is 139 Å². The summed E-state index contributed by atoms with van der Waals surface area (Å²) in [6.07, 6.45) is 2.70. The smallest absolute Gasteiger partial charge is 0.191 e. The Morgan fingerprint density at radius 1 is 1.22 bits per heavy atom. The lowest BCUT2D eigenvalue weighted by Crippen LogP contribution is -2.46. The molecular formula is C18H28N4O. The summed E-state index contributed by atoms with van der Waals surface area (Å²) < 4.78 is 5.51. The predicted octanol–water partition coefficient (Wildman–Crippen LogP) is 1.63. The zero-order chi connectivity index (χ0) is 15.9. The van der Waals surface area contributed by atoms with Gasteiger partial charge in [0.2, 0.25) is 0 Å². The Morgan fingerprint density at radius 3 is 2.61 bits per heavy atom. The number of hydrogen-bond donors (Lipinski definition) is 2. The van der Waals surface area contributed by atoms with Crippen molar-refractivity contribution in [3.63, 3.8) is 0 Å². The van der Waals surface area contributed by atoms with Crippen molar-refractivity contribution in [3.05, 3.63) is 35.9 Å². The average Bonchev–Trinajstić information content (AvgIpc) is 3.44. The van der Waals surface area contributed by atoms with Crippen molar-refractivity contribution in [3.8, 4) is 0 Å². The first-order valence-electron chi connectivity index (χ1n) is 8.68. The fraction of sp³-hybridized carbons (Fsp3) is 0.611. The number of ether oxygens (including phenoxy) is 1. The summed E-state index contributed by atoms with van der Waals surface area (Å²) in [5.74, 6) is 1.75. The Kier molecular flexibility index (Phi) is 5.88. The van der Waals surface area contributed by atoms with Crippen molar-refractivity contribution in [2.45, 2.75) is 18.9 Å². The van der Waals surface area contributed by atoms with Crippen molar-refractivity contribution in [1.82, 2.24) is 15.5 Å². The van der Waals surface area contributed by atoms with Gasteiger partial charge in [0.05, 0.1) is 19.3 Å². The van der Waals surface area contributed by atoms with Crippen LogP contribution in [0.4, 0.5) is 0 Å². The third kappa shape index (κ3) is 4.94.